The normalized spacial score (nSPS) is 10.6. The number of phenolic OH excluding ortho intramolecular Hbond substituents is 1. The maximum absolute atomic E-state index is 14.1. The van der Waals surface area contributed by atoms with Gasteiger partial charge in [-0.3, -0.25) is 4.79 Å². The first kappa shape index (κ1) is 17.3. The smallest absolute Gasteiger partial charge is 0.302 e. The van der Waals surface area contributed by atoms with Crippen molar-refractivity contribution in [2.45, 2.75) is 33.3 Å². The predicted octanol–water partition coefficient (Wildman–Crippen LogP) is 4.40. The Labute approximate surface area is 139 Å². The van der Waals surface area contributed by atoms with E-state index in [1.165, 1.54) is 19.1 Å². The van der Waals surface area contributed by atoms with Crippen LogP contribution < -0.4 is 0 Å². The van der Waals surface area contributed by atoms with E-state index in [0.717, 1.165) is 12.0 Å². The molecule has 0 bridgehead atoms. The molecule has 0 atom stereocenters. The van der Waals surface area contributed by atoms with Crippen LogP contribution in [0.5, 0.6) is 5.75 Å². The predicted molar refractivity (Wildman–Crippen MR) is 87.2 cm³/mol. The fourth-order valence-electron chi connectivity index (χ4n) is 2.26. The number of phenols is 1. The van der Waals surface area contributed by atoms with Gasteiger partial charge in [-0.2, -0.15) is 0 Å². The summed E-state index contributed by atoms with van der Waals surface area (Å²) in [5, 5.41) is 10.5. The quantitative estimate of drug-likeness (QED) is 0.823. The van der Waals surface area contributed by atoms with Crippen molar-refractivity contribution in [1.29, 1.82) is 0 Å². The van der Waals surface area contributed by atoms with E-state index in [1.807, 2.05) is 13.0 Å². The second kappa shape index (κ2) is 7.47. The molecule has 2 rings (SSSR count). The van der Waals surface area contributed by atoms with Crippen molar-refractivity contribution >= 4 is 17.6 Å². The number of benzene rings is 2. The number of halogens is 2. The molecule has 0 heterocycles. The number of rotatable bonds is 5. The van der Waals surface area contributed by atoms with Gasteiger partial charge in [-0.1, -0.05) is 30.7 Å². The lowest BCUT2D eigenvalue weighted by Gasteiger charge is -2.11. The maximum atomic E-state index is 14.1. The van der Waals surface area contributed by atoms with E-state index in [9.17, 15) is 14.3 Å². The number of aromatic hydroxyl groups is 1. The molecule has 0 aliphatic rings. The van der Waals surface area contributed by atoms with E-state index < -0.39 is 5.97 Å². The molecule has 0 fully saturated rings. The second-order valence-corrected chi connectivity index (χ2v) is 5.72. The van der Waals surface area contributed by atoms with Gasteiger partial charge < -0.3 is 9.84 Å². The highest BCUT2D eigenvalue weighted by molar-refractivity contribution is 6.31. The summed E-state index contributed by atoms with van der Waals surface area (Å²) < 4.78 is 19.0. The van der Waals surface area contributed by atoms with E-state index >= 15 is 0 Å². The van der Waals surface area contributed by atoms with Crippen LogP contribution in [0.4, 0.5) is 4.39 Å². The number of ether oxygens (including phenoxy) is 1. The van der Waals surface area contributed by atoms with Gasteiger partial charge in [-0.25, -0.2) is 4.39 Å². The molecule has 0 saturated carbocycles. The molecule has 0 radical (unpaired) electrons. The van der Waals surface area contributed by atoms with Gasteiger partial charge >= 0.3 is 5.97 Å². The van der Waals surface area contributed by atoms with Crippen LogP contribution in [0, 0.1) is 5.82 Å². The Balaban J connectivity index is 2.25. The van der Waals surface area contributed by atoms with Gasteiger partial charge in [0.2, 0.25) is 0 Å². The highest BCUT2D eigenvalue weighted by Gasteiger charge is 2.13. The number of esters is 1. The highest BCUT2D eigenvalue weighted by Crippen LogP contribution is 2.31. The zero-order valence-corrected chi connectivity index (χ0v) is 13.8. The van der Waals surface area contributed by atoms with E-state index in [2.05, 4.69) is 0 Å². The van der Waals surface area contributed by atoms with Crippen LogP contribution in [-0.2, 0) is 29.0 Å². The molecule has 0 aliphatic heterocycles. The third-order valence-electron chi connectivity index (χ3n) is 3.57. The summed E-state index contributed by atoms with van der Waals surface area (Å²) in [6.07, 6.45) is 0.947. The molecule has 0 amide bonds. The Kier molecular flexibility index (Phi) is 5.61. The number of carbonyl (C=O) groups excluding carboxylic acids is 1. The van der Waals surface area contributed by atoms with Gasteiger partial charge in [0, 0.05) is 23.9 Å². The van der Waals surface area contributed by atoms with Crippen LogP contribution in [0.15, 0.2) is 30.3 Å². The zero-order valence-electron chi connectivity index (χ0n) is 13.0. The molecule has 122 valence electrons. The lowest BCUT2D eigenvalue weighted by Crippen LogP contribution is -2.00. The second-order valence-electron chi connectivity index (χ2n) is 5.31. The van der Waals surface area contributed by atoms with Crippen LogP contribution in [0.3, 0.4) is 0 Å². The highest BCUT2D eigenvalue weighted by atomic mass is 35.5. The molecule has 0 aromatic heterocycles. The summed E-state index contributed by atoms with van der Waals surface area (Å²) in [6.45, 7) is 3.29. The van der Waals surface area contributed by atoms with Gasteiger partial charge in [0.15, 0.2) is 0 Å². The molecule has 5 heteroatoms. The SMILES string of the molecule is CCc1ccc(Cc2c(O)cc(COC(C)=O)cc2Cl)c(F)c1. The fourth-order valence-corrected chi connectivity index (χ4v) is 2.57. The maximum Gasteiger partial charge on any atom is 0.302 e. The molecule has 0 spiro atoms. The van der Waals surface area contributed by atoms with E-state index in [-0.39, 0.29) is 24.6 Å². The summed E-state index contributed by atoms with van der Waals surface area (Å²) >= 11 is 6.19. The van der Waals surface area contributed by atoms with E-state index in [1.54, 1.807) is 12.1 Å². The minimum atomic E-state index is -0.414. The first-order valence-electron chi connectivity index (χ1n) is 7.31. The van der Waals surface area contributed by atoms with Crippen LogP contribution in [0.1, 0.15) is 36.1 Å². The Morgan fingerprint density at radius 3 is 2.57 bits per heavy atom. The summed E-state index contributed by atoms with van der Waals surface area (Å²) in [5.74, 6) is -0.773. The lowest BCUT2D eigenvalue weighted by molar-refractivity contribution is -0.142. The first-order valence-corrected chi connectivity index (χ1v) is 7.69. The van der Waals surface area contributed by atoms with E-state index in [0.29, 0.717) is 21.7 Å². The van der Waals surface area contributed by atoms with Crippen molar-refractivity contribution in [1.82, 2.24) is 0 Å². The summed E-state index contributed by atoms with van der Waals surface area (Å²) in [7, 11) is 0. The largest absolute Gasteiger partial charge is 0.508 e. The molecule has 2 aromatic carbocycles. The van der Waals surface area contributed by atoms with Gasteiger partial charge in [0.1, 0.15) is 18.2 Å². The molecule has 0 aliphatic carbocycles. The fraction of sp³-hybridized carbons (Fsp3) is 0.278. The summed E-state index contributed by atoms with van der Waals surface area (Å²) in [4.78, 5) is 10.8. The van der Waals surface area contributed by atoms with Gasteiger partial charge in [0.05, 0.1) is 0 Å². The van der Waals surface area contributed by atoms with Crippen molar-refractivity contribution in [3.63, 3.8) is 0 Å². The number of carbonyl (C=O) groups is 1. The van der Waals surface area contributed by atoms with Gasteiger partial charge in [-0.15, -0.1) is 0 Å². The Morgan fingerprint density at radius 1 is 1.26 bits per heavy atom. The van der Waals surface area contributed by atoms with E-state index in [4.69, 9.17) is 16.3 Å². The monoisotopic (exact) mass is 336 g/mol. The van der Waals surface area contributed by atoms with Gasteiger partial charge in [-0.05, 0) is 41.3 Å². The molecule has 0 saturated heterocycles. The van der Waals surface area contributed by atoms with Crippen molar-refractivity contribution in [3.8, 4) is 5.75 Å². The van der Waals surface area contributed by atoms with Crippen molar-refractivity contribution < 1.29 is 19.0 Å². The third kappa shape index (κ3) is 4.45. The topological polar surface area (TPSA) is 46.5 Å². The molecule has 3 nitrogen and oxygen atoms in total. The number of hydrogen-bond acceptors (Lipinski definition) is 3. The Hall–Kier alpha value is -2.07. The molecule has 2 aromatic rings. The molecular weight excluding hydrogens is 319 g/mol. The Bertz CT molecular complexity index is 705. The standard InChI is InChI=1S/C18H18ClFO3/c1-3-12-4-5-14(17(20)7-12)9-15-16(19)6-13(8-18(15)22)10-23-11(2)21/h4-8,22H,3,9-10H2,1-2H3. The van der Waals surface area contributed by atoms with Crippen LogP contribution in [0.2, 0.25) is 5.02 Å². The summed E-state index contributed by atoms with van der Waals surface area (Å²) in [6, 6.07) is 8.14. The van der Waals surface area contributed by atoms with Crippen molar-refractivity contribution in [2.24, 2.45) is 0 Å². The molecule has 23 heavy (non-hydrogen) atoms. The minimum absolute atomic E-state index is 0.0302. The van der Waals surface area contributed by atoms with Crippen LogP contribution in [-0.4, -0.2) is 11.1 Å². The number of aryl methyl sites for hydroxylation is 1. The minimum Gasteiger partial charge on any atom is -0.508 e. The number of hydrogen-bond donors (Lipinski definition) is 1. The lowest BCUT2D eigenvalue weighted by atomic mass is 10.00. The zero-order chi connectivity index (χ0) is 17.0. The third-order valence-corrected chi connectivity index (χ3v) is 3.90. The van der Waals surface area contributed by atoms with Crippen molar-refractivity contribution in [3.05, 3.63) is 63.4 Å². The van der Waals surface area contributed by atoms with Crippen LogP contribution in [0.25, 0.3) is 0 Å². The average Bonchev–Trinajstić information content (AvgIpc) is 2.50. The average molecular weight is 337 g/mol. The molecular formula is C18H18ClFO3. The first-order chi connectivity index (χ1) is 10.9. The molecule has 0 unspecified atom stereocenters. The summed E-state index contributed by atoms with van der Waals surface area (Å²) in [5.41, 5.74) is 2.40. The Morgan fingerprint density at radius 2 is 2.00 bits per heavy atom. The van der Waals surface area contributed by atoms with Gasteiger partial charge in [0.25, 0.3) is 0 Å². The van der Waals surface area contributed by atoms with Crippen LogP contribution >= 0.6 is 11.6 Å². The van der Waals surface area contributed by atoms with Crippen molar-refractivity contribution in [2.75, 3.05) is 0 Å². The molecule has 1 N–H and O–H groups in total.